The first-order valence-electron chi connectivity index (χ1n) is 7.05. The molecule has 0 amide bonds. The van der Waals surface area contributed by atoms with Crippen LogP contribution < -0.4 is 4.74 Å². The van der Waals surface area contributed by atoms with Crippen molar-refractivity contribution in [2.24, 2.45) is 7.05 Å². The van der Waals surface area contributed by atoms with Gasteiger partial charge in [-0.05, 0) is 24.3 Å². The average molecular weight is 286 g/mol. The minimum absolute atomic E-state index is 0.221. The molecule has 1 saturated carbocycles. The van der Waals surface area contributed by atoms with Crippen molar-refractivity contribution >= 4 is 5.97 Å². The van der Waals surface area contributed by atoms with Crippen LogP contribution in [-0.4, -0.2) is 26.5 Å². The molecular weight excluding hydrogens is 268 g/mol. The molecule has 1 N–H and O–H groups in total. The van der Waals surface area contributed by atoms with Crippen molar-refractivity contribution in [3.8, 4) is 5.75 Å². The number of benzene rings is 1. The summed E-state index contributed by atoms with van der Waals surface area (Å²) in [5, 5.41) is 13.7. The Balaban J connectivity index is 1.82. The molecular formula is C16H18N2O3. The fourth-order valence-corrected chi connectivity index (χ4v) is 3.03. The molecule has 1 aromatic carbocycles. The predicted molar refractivity (Wildman–Crippen MR) is 77.2 cm³/mol. The molecule has 2 unspecified atom stereocenters. The highest BCUT2D eigenvalue weighted by atomic mass is 16.5. The van der Waals surface area contributed by atoms with Crippen LogP contribution in [0, 0.1) is 0 Å². The zero-order valence-corrected chi connectivity index (χ0v) is 11.9. The Kier molecular flexibility index (Phi) is 3.41. The number of aromatic nitrogens is 2. The summed E-state index contributed by atoms with van der Waals surface area (Å²) >= 11 is 0. The van der Waals surface area contributed by atoms with Gasteiger partial charge >= 0.3 is 5.97 Å². The number of hydrogen-bond acceptors (Lipinski definition) is 3. The van der Waals surface area contributed by atoms with Gasteiger partial charge in [-0.2, -0.15) is 5.10 Å². The van der Waals surface area contributed by atoms with Crippen molar-refractivity contribution in [3.63, 3.8) is 0 Å². The number of carboxylic acid groups (broad SMARTS) is 1. The summed E-state index contributed by atoms with van der Waals surface area (Å²) in [6.45, 7) is 0. The van der Waals surface area contributed by atoms with Gasteiger partial charge in [-0.15, -0.1) is 0 Å². The van der Waals surface area contributed by atoms with E-state index in [1.165, 1.54) is 5.56 Å². The van der Waals surface area contributed by atoms with Gasteiger partial charge in [0.2, 0.25) is 5.60 Å². The van der Waals surface area contributed by atoms with Crippen LogP contribution in [0.2, 0.25) is 0 Å². The lowest BCUT2D eigenvalue weighted by molar-refractivity contribution is -0.154. The number of aliphatic carboxylic acids is 1. The van der Waals surface area contributed by atoms with Crippen LogP contribution in [0.15, 0.2) is 42.7 Å². The summed E-state index contributed by atoms with van der Waals surface area (Å²) < 4.78 is 7.42. The van der Waals surface area contributed by atoms with Gasteiger partial charge in [0.05, 0.1) is 12.4 Å². The Morgan fingerprint density at radius 3 is 2.81 bits per heavy atom. The molecule has 1 aromatic heterocycles. The van der Waals surface area contributed by atoms with E-state index in [1.807, 2.05) is 30.3 Å². The smallest absolute Gasteiger partial charge is 0.348 e. The number of hydrogen-bond donors (Lipinski definition) is 1. The van der Waals surface area contributed by atoms with E-state index in [2.05, 4.69) is 5.10 Å². The highest BCUT2D eigenvalue weighted by Gasteiger charge is 2.48. The molecule has 2 aromatic rings. The monoisotopic (exact) mass is 286 g/mol. The second kappa shape index (κ2) is 5.24. The van der Waals surface area contributed by atoms with Crippen molar-refractivity contribution in [2.75, 3.05) is 0 Å². The molecule has 2 atom stereocenters. The molecule has 0 saturated heterocycles. The molecule has 1 aliphatic carbocycles. The van der Waals surface area contributed by atoms with E-state index in [4.69, 9.17) is 4.74 Å². The van der Waals surface area contributed by atoms with Gasteiger partial charge in [0.25, 0.3) is 0 Å². The predicted octanol–water partition coefficient (Wildman–Crippen LogP) is 2.59. The summed E-state index contributed by atoms with van der Waals surface area (Å²) in [5.41, 5.74) is 0.0270. The molecule has 0 radical (unpaired) electrons. The van der Waals surface area contributed by atoms with Crippen molar-refractivity contribution in [3.05, 3.63) is 48.3 Å². The van der Waals surface area contributed by atoms with Gasteiger partial charge in [0.15, 0.2) is 5.75 Å². The molecule has 0 aliphatic heterocycles. The second-order valence-corrected chi connectivity index (χ2v) is 5.60. The number of ether oxygens (including phenoxy) is 1. The average Bonchev–Trinajstić information content (AvgIpc) is 3.08. The summed E-state index contributed by atoms with van der Waals surface area (Å²) in [6, 6.07) is 10.0. The van der Waals surface area contributed by atoms with E-state index < -0.39 is 11.6 Å². The topological polar surface area (TPSA) is 64.3 Å². The van der Waals surface area contributed by atoms with Crippen molar-refractivity contribution in [2.45, 2.75) is 30.8 Å². The lowest BCUT2D eigenvalue weighted by Gasteiger charge is -2.25. The molecule has 1 heterocycles. The molecule has 1 fully saturated rings. The largest absolute Gasteiger partial charge is 0.478 e. The highest BCUT2D eigenvalue weighted by molar-refractivity contribution is 5.78. The number of rotatable bonds is 4. The third-order valence-corrected chi connectivity index (χ3v) is 4.13. The number of carbonyl (C=O) groups is 1. The molecule has 5 heteroatoms. The van der Waals surface area contributed by atoms with E-state index >= 15 is 0 Å². The van der Waals surface area contributed by atoms with Gasteiger partial charge in [0.1, 0.15) is 0 Å². The van der Waals surface area contributed by atoms with Gasteiger partial charge < -0.3 is 9.84 Å². The summed E-state index contributed by atoms with van der Waals surface area (Å²) in [5.74, 6) is -0.169. The standard InChI is InChI=1S/C16H18N2O3/c1-18-11-14(10-17-18)21-16(15(19)20)8-7-13(9-16)12-5-3-2-4-6-12/h2-6,10-11,13H,7-9H2,1H3,(H,19,20). The summed E-state index contributed by atoms with van der Waals surface area (Å²) in [6.07, 6.45) is 5.07. The van der Waals surface area contributed by atoms with Crippen molar-refractivity contribution in [1.29, 1.82) is 0 Å². The van der Waals surface area contributed by atoms with Crippen LogP contribution in [0.5, 0.6) is 5.75 Å². The Morgan fingerprint density at radius 2 is 2.19 bits per heavy atom. The van der Waals surface area contributed by atoms with E-state index in [1.54, 1.807) is 24.1 Å². The zero-order valence-electron chi connectivity index (χ0n) is 11.9. The lowest BCUT2D eigenvalue weighted by atomic mass is 9.94. The van der Waals surface area contributed by atoms with Gasteiger partial charge in [0, 0.05) is 13.5 Å². The van der Waals surface area contributed by atoms with Crippen LogP contribution in [0.4, 0.5) is 0 Å². The summed E-state index contributed by atoms with van der Waals surface area (Å²) in [4.78, 5) is 11.8. The first kappa shape index (κ1) is 13.7. The van der Waals surface area contributed by atoms with Crippen LogP contribution in [0.3, 0.4) is 0 Å². The van der Waals surface area contributed by atoms with Crippen molar-refractivity contribution < 1.29 is 14.6 Å². The van der Waals surface area contributed by atoms with E-state index in [0.29, 0.717) is 18.6 Å². The zero-order chi connectivity index (χ0) is 14.9. The maximum atomic E-state index is 11.8. The maximum absolute atomic E-state index is 11.8. The number of carboxylic acids is 1. The fourth-order valence-electron chi connectivity index (χ4n) is 3.03. The van der Waals surface area contributed by atoms with Crippen molar-refractivity contribution in [1.82, 2.24) is 9.78 Å². The molecule has 21 heavy (non-hydrogen) atoms. The SMILES string of the molecule is Cn1cc(OC2(C(=O)O)CCC(c3ccccc3)C2)cn1. The van der Waals surface area contributed by atoms with E-state index in [9.17, 15) is 9.90 Å². The van der Waals surface area contributed by atoms with Gasteiger partial charge in [-0.1, -0.05) is 30.3 Å². The summed E-state index contributed by atoms with van der Waals surface area (Å²) in [7, 11) is 1.78. The Bertz CT molecular complexity index is 638. The molecule has 5 nitrogen and oxygen atoms in total. The normalized spacial score (nSPS) is 24.9. The Labute approximate surface area is 123 Å². The molecule has 3 rings (SSSR count). The number of nitrogens with zero attached hydrogens (tertiary/aromatic N) is 2. The molecule has 0 bridgehead atoms. The van der Waals surface area contributed by atoms with E-state index in [0.717, 1.165) is 6.42 Å². The third kappa shape index (κ3) is 2.63. The minimum Gasteiger partial charge on any atom is -0.478 e. The quantitative estimate of drug-likeness (QED) is 0.938. The van der Waals surface area contributed by atoms with E-state index in [-0.39, 0.29) is 5.92 Å². The lowest BCUT2D eigenvalue weighted by Crippen LogP contribution is -2.42. The first-order valence-corrected chi connectivity index (χ1v) is 7.05. The van der Waals surface area contributed by atoms with Crippen LogP contribution in [0.25, 0.3) is 0 Å². The fraction of sp³-hybridized carbons (Fsp3) is 0.375. The maximum Gasteiger partial charge on any atom is 0.348 e. The Hall–Kier alpha value is -2.30. The van der Waals surface area contributed by atoms with Crippen LogP contribution in [0.1, 0.15) is 30.7 Å². The molecule has 110 valence electrons. The van der Waals surface area contributed by atoms with Crippen LogP contribution in [-0.2, 0) is 11.8 Å². The first-order chi connectivity index (χ1) is 10.1. The Morgan fingerprint density at radius 1 is 1.43 bits per heavy atom. The van der Waals surface area contributed by atoms with Gasteiger partial charge in [-0.25, -0.2) is 4.79 Å². The van der Waals surface area contributed by atoms with Gasteiger partial charge in [-0.3, -0.25) is 4.68 Å². The number of aryl methyl sites for hydroxylation is 1. The second-order valence-electron chi connectivity index (χ2n) is 5.60. The minimum atomic E-state index is -1.15. The van der Waals surface area contributed by atoms with Crippen LogP contribution >= 0.6 is 0 Å². The molecule has 0 spiro atoms. The highest BCUT2D eigenvalue weighted by Crippen LogP contribution is 2.43. The third-order valence-electron chi connectivity index (χ3n) is 4.13. The molecule has 1 aliphatic rings.